The first-order chi connectivity index (χ1) is 22.2. The number of hydrogen-bond acceptors (Lipinski definition) is 6. The molecule has 5 aromatic rings. The molecule has 4 aromatic carbocycles. The van der Waals surface area contributed by atoms with E-state index in [9.17, 15) is 0 Å². The number of imidazole rings is 1. The zero-order chi connectivity index (χ0) is 31.2. The molecule has 8 nitrogen and oxygen atoms in total. The highest BCUT2D eigenvalue weighted by atomic mass is 16.5. The summed E-state index contributed by atoms with van der Waals surface area (Å²) in [6.45, 7) is 5.39. The smallest absolute Gasteiger partial charge is 0.282 e. The van der Waals surface area contributed by atoms with Crippen molar-refractivity contribution in [2.24, 2.45) is 0 Å². The van der Waals surface area contributed by atoms with Crippen molar-refractivity contribution < 1.29 is 23.5 Å². The number of anilines is 2. The molecule has 1 aliphatic heterocycles. The minimum Gasteiger partial charge on any atom is -0.383 e. The van der Waals surface area contributed by atoms with Gasteiger partial charge in [-0.1, -0.05) is 54.6 Å². The molecule has 45 heavy (non-hydrogen) atoms. The monoisotopic (exact) mass is 607 g/mol. The lowest BCUT2D eigenvalue weighted by atomic mass is 10.1. The molecular formula is C37H43N4O4+. The fourth-order valence-electron chi connectivity index (χ4n) is 6.33. The quantitative estimate of drug-likeness (QED) is 0.144. The highest BCUT2D eigenvalue weighted by Crippen LogP contribution is 2.44. The average Bonchev–Trinajstić information content (AvgIpc) is 3.51. The Morgan fingerprint density at radius 1 is 0.622 bits per heavy atom. The summed E-state index contributed by atoms with van der Waals surface area (Å²) in [4.78, 5) is 4.72. The van der Waals surface area contributed by atoms with Gasteiger partial charge in [-0.25, -0.2) is 9.13 Å². The number of methoxy groups -OCH3 is 4. The summed E-state index contributed by atoms with van der Waals surface area (Å²) in [7, 11) is 7.02. The van der Waals surface area contributed by atoms with E-state index in [1.807, 2.05) is 0 Å². The van der Waals surface area contributed by atoms with Crippen LogP contribution in [0.15, 0.2) is 90.8 Å². The lowest BCUT2D eigenvalue weighted by Crippen LogP contribution is -2.38. The molecule has 2 heterocycles. The van der Waals surface area contributed by atoms with Crippen molar-refractivity contribution >= 4 is 50.0 Å². The van der Waals surface area contributed by atoms with E-state index in [-0.39, 0.29) is 0 Å². The van der Waals surface area contributed by atoms with E-state index in [1.54, 1.807) is 28.4 Å². The highest BCUT2D eigenvalue weighted by Gasteiger charge is 2.31. The largest absolute Gasteiger partial charge is 0.383 e. The van der Waals surface area contributed by atoms with Gasteiger partial charge in [0.15, 0.2) is 11.0 Å². The summed E-state index contributed by atoms with van der Waals surface area (Å²) in [5.41, 5.74) is 4.71. The molecule has 0 amide bonds. The fourth-order valence-corrected chi connectivity index (χ4v) is 6.33. The molecule has 0 saturated heterocycles. The molecule has 6 rings (SSSR count). The topological polar surface area (TPSA) is 52.2 Å². The zero-order valence-electron chi connectivity index (χ0n) is 26.7. The number of fused-ring (bicyclic) bond motifs is 4. The maximum atomic E-state index is 5.56. The summed E-state index contributed by atoms with van der Waals surface area (Å²) < 4.78 is 26.9. The van der Waals surface area contributed by atoms with E-state index in [0.29, 0.717) is 26.4 Å². The van der Waals surface area contributed by atoms with E-state index in [4.69, 9.17) is 18.9 Å². The van der Waals surface area contributed by atoms with Crippen LogP contribution < -0.4 is 14.4 Å². The Morgan fingerprint density at radius 3 is 1.69 bits per heavy atom. The summed E-state index contributed by atoms with van der Waals surface area (Å²) in [5.74, 6) is 2.19. The van der Waals surface area contributed by atoms with Crippen molar-refractivity contribution in [3.05, 3.63) is 96.6 Å². The van der Waals surface area contributed by atoms with E-state index < -0.39 is 0 Å². The number of aromatic nitrogens is 2. The lowest BCUT2D eigenvalue weighted by Gasteiger charge is -2.25. The van der Waals surface area contributed by atoms with Crippen LogP contribution in [-0.4, -0.2) is 72.5 Å². The Morgan fingerprint density at radius 2 is 1.13 bits per heavy atom. The van der Waals surface area contributed by atoms with Crippen LogP contribution in [0.1, 0.15) is 5.82 Å². The summed E-state index contributed by atoms with van der Waals surface area (Å²) in [5, 5.41) is 4.88. The average molecular weight is 608 g/mol. The Bertz CT molecular complexity index is 1720. The normalized spacial score (nSPS) is 13.3. The van der Waals surface area contributed by atoms with Crippen molar-refractivity contribution in [3.63, 3.8) is 0 Å². The molecule has 0 fully saturated rings. The van der Waals surface area contributed by atoms with Gasteiger partial charge in [-0.3, -0.25) is 0 Å². The van der Waals surface area contributed by atoms with Crippen LogP contribution in [0.2, 0.25) is 0 Å². The van der Waals surface area contributed by atoms with Crippen LogP contribution in [0.3, 0.4) is 0 Å². The van der Waals surface area contributed by atoms with E-state index in [2.05, 4.69) is 110 Å². The van der Waals surface area contributed by atoms with Crippen LogP contribution in [0.5, 0.6) is 0 Å². The van der Waals surface area contributed by atoms with Gasteiger partial charge >= 0.3 is 0 Å². The van der Waals surface area contributed by atoms with Crippen LogP contribution in [0.25, 0.3) is 38.7 Å². The highest BCUT2D eigenvalue weighted by molar-refractivity contribution is 5.97. The zero-order valence-corrected chi connectivity index (χ0v) is 26.7. The summed E-state index contributed by atoms with van der Waals surface area (Å²) >= 11 is 0. The van der Waals surface area contributed by atoms with Crippen LogP contribution in [0, 0.1) is 0 Å². The first kappa shape index (κ1) is 30.8. The Balaban J connectivity index is 1.48. The third-order valence-corrected chi connectivity index (χ3v) is 8.52. The van der Waals surface area contributed by atoms with Gasteiger partial charge in [0, 0.05) is 47.6 Å². The molecule has 0 atom stereocenters. The molecule has 0 radical (unpaired) electrons. The maximum absolute atomic E-state index is 5.56. The molecule has 8 heteroatoms. The standard InChI is InChI=1S/C37H43N4O4/c1-42-20-16-38-32-24-28-10-5-6-11-29(28)25-33(32)39(17-21-43-2)36(38)14-9-15-37-40(18-22-44-3)34-26-30-12-7-8-13-31(30)27-35(34)41(37)19-23-45-4/h5-15,24-27H,16-23H2,1-4H3/q+1. The minimum atomic E-state index is 0.612. The number of ether oxygens (including phenoxy) is 4. The lowest BCUT2D eigenvalue weighted by molar-refractivity contribution is -0.675. The predicted octanol–water partition coefficient (Wildman–Crippen LogP) is 6.00. The first-order valence-electron chi connectivity index (χ1n) is 15.5. The van der Waals surface area contributed by atoms with Crippen molar-refractivity contribution in [1.82, 2.24) is 4.57 Å². The van der Waals surface area contributed by atoms with Crippen LogP contribution in [-0.2, 0) is 32.0 Å². The number of benzene rings is 4. The van der Waals surface area contributed by atoms with Gasteiger partial charge in [-0.2, -0.15) is 0 Å². The van der Waals surface area contributed by atoms with Gasteiger partial charge in [-0.15, -0.1) is 0 Å². The molecule has 234 valence electrons. The second kappa shape index (κ2) is 14.3. The summed E-state index contributed by atoms with van der Waals surface area (Å²) in [6.07, 6.45) is 6.60. The molecule has 0 aliphatic carbocycles. The van der Waals surface area contributed by atoms with E-state index >= 15 is 0 Å². The summed E-state index contributed by atoms with van der Waals surface area (Å²) in [6, 6.07) is 26.2. The fraction of sp³-hybridized carbons (Fsp3) is 0.324. The number of nitrogens with zero attached hydrogens (tertiary/aromatic N) is 4. The SMILES string of the molecule is COCCN1C(=CC=Cc2n(CCOC)c3cc4ccccc4cc3[n+]2CCOC)N(CCOC)c2cc3ccccc3cc21. The van der Waals surface area contributed by atoms with Gasteiger partial charge in [0.1, 0.15) is 18.9 Å². The second-order valence-electron chi connectivity index (χ2n) is 11.2. The molecule has 1 aliphatic rings. The van der Waals surface area contributed by atoms with Gasteiger partial charge in [-0.05, 0) is 51.9 Å². The predicted molar refractivity (Wildman–Crippen MR) is 183 cm³/mol. The van der Waals surface area contributed by atoms with Crippen molar-refractivity contribution in [1.29, 1.82) is 0 Å². The van der Waals surface area contributed by atoms with Crippen molar-refractivity contribution in [2.45, 2.75) is 13.1 Å². The third kappa shape index (κ3) is 6.19. The van der Waals surface area contributed by atoms with Crippen molar-refractivity contribution in [3.8, 4) is 0 Å². The number of rotatable bonds is 14. The van der Waals surface area contributed by atoms with Crippen molar-refractivity contribution in [2.75, 3.05) is 77.8 Å². The van der Waals surface area contributed by atoms with Gasteiger partial charge in [0.2, 0.25) is 0 Å². The first-order valence-corrected chi connectivity index (χ1v) is 15.5. The number of allylic oxidation sites excluding steroid dienone is 2. The molecule has 0 unspecified atom stereocenters. The van der Waals surface area contributed by atoms with Gasteiger partial charge in [0.25, 0.3) is 5.82 Å². The van der Waals surface area contributed by atoms with Gasteiger partial charge < -0.3 is 28.7 Å². The molecule has 0 bridgehead atoms. The Labute approximate surface area is 265 Å². The molecule has 0 N–H and O–H groups in total. The molecule has 0 saturated carbocycles. The molecular weight excluding hydrogens is 564 g/mol. The second-order valence-corrected chi connectivity index (χ2v) is 11.2. The molecule has 1 aromatic heterocycles. The van der Waals surface area contributed by atoms with Gasteiger partial charge in [0.05, 0.1) is 37.8 Å². The number of hydrogen-bond donors (Lipinski definition) is 0. The van der Waals surface area contributed by atoms with Crippen LogP contribution in [0.4, 0.5) is 11.4 Å². The Kier molecular flexibility index (Phi) is 9.76. The Hall–Kier alpha value is -4.21. The van der Waals surface area contributed by atoms with E-state index in [0.717, 1.165) is 37.8 Å². The van der Waals surface area contributed by atoms with Crippen LogP contribution >= 0.6 is 0 Å². The molecule has 0 spiro atoms. The van der Waals surface area contributed by atoms with E-state index in [1.165, 1.54) is 44.0 Å². The minimum absolute atomic E-state index is 0.612. The maximum Gasteiger partial charge on any atom is 0.282 e. The third-order valence-electron chi connectivity index (χ3n) is 8.52.